The van der Waals surface area contributed by atoms with E-state index in [9.17, 15) is 0 Å². The summed E-state index contributed by atoms with van der Waals surface area (Å²) in [7, 11) is 1.68. The summed E-state index contributed by atoms with van der Waals surface area (Å²) in [5.41, 5.74) is 5.05. The van der Waals surface area contributed by atoms with Crippen molar-refractivity contribution in [2.45, 2.75) is 27.3 Å². The number of nitrogens with zero attached hydrogens (tertiary/aromatic N) is 3. The largest absolute Gasteiger partial charge is 0.496 e. The van der Waals surface area contributed by atoms with Gasteiger partial charge in [-0.1, -0.05) is 0 Å². The molecule has 3 rings (SSSR count). The summed E-state index contributed by atoms with van der Waals surface area (Å²) in [4.78, 5) is 3.26. The molecule has 0 amide bonds. The number of hydrogen-bond donors (Lipinski definition) is 1. The highest BCUT2D eigenvalue weighted by molar-refractivity contribution is 7.71. The molecule has 0 saturated heterocycles. The lowest BCUT2D eigenvalue weighted by molar-refractivity contribution is 0.411. The highest BCUT2D eigenvalue weighted by atomic mass is 32.1. The van der Waals surface area contributed by atoms with Gasteiger partial charge in [0, 0.05) is 6.54 Å². The maximum absolute atomic E-state index is 5.50. The van der Waals surface area contributed by atoms with Crippen molar-refractivity contribution in [3.8, 4) is 11.4 Å². The minimum Gasteiger partial charge on any atom is -0.496 e. The molecule has 1 N–H and O–H groups in total. The van der Waals surface area contributed by atoms with Crippen molar-refractivity contribution in [1.82, 2.24) is 19.3 Å². The van der Waals surface area contributed by atoms with Gasteiger partial charge < -0.3 is 9.72 Å². The van der Waals surface area contributed by atoms with Crippen LogP contribution in [0.3, 0.4) is 0 Å². The van der Waals surface area contributed by atoms with Crippen molar-refractivity contribution in [1.29, 1.82) is 0 Å². The minimum atomic E-state index is 0.678. The first-order valence-electron chi connectivity index (χ1n) is 6.90. The summed E-state index contributed by atoms with van der Waals surface area (Å²) < 4.78 is 10.00. The van der Waals surface area contributed by atoms with Crippen molar-refractivity contribution in [3.63, 3.8) is 0 Å². The first-order valence-corrected chi connectivity index (χ1v) is 7.30. The van der Waals surface area contributed by atoms with Crippen LogP contribution in [-0.4, -0.2) is 26.4 Å². The Kier molecular flexibility index (Phi) is 3.33. The second-order valence-electron chi connectivity index (χ2n) is 5.02. The predicted octanol–water partition coefficient (Wildman–Crippen LogP) is 3.53. The van der Waals surface area contributed by atoms with E-state index >= 15 is 0 Å². The third-order valence-electron chi connectivity index (χ3n) is 3.68. The number of hydrogen-bond acceptors (Lipinski definition) is 3. The minimum absolute atomic E-state index is 0.678. The zero-order valence-electron chi connectivity index (χ0n) is 12.6. The molecule has 2 aromatic heterocycles. The SMILES string of the molecule is CCn1nc(C)c2[nH]c(=S)n(-c3ccc(OC)c(C)c3)c21. The van der Waals surface area contributed by atoms with Crippen LogP contribution in [0.5, 0.6) is 5.75 Å². The number of benzene rings is 1. The quantitative estimate of drug-likeness (QED) is 0.753. The Bertz CT molecular complexity index is 872. The van der Waals surface area contributed by atoms with E-state index in [4.69, 9.17) is 17.0 Å². The summed E-state index contributed by atoms with van der Waals surface area (Å²) in [6.07, 6.45) is 0. The molecule has 6 heteroatoms. The number of nitrogens with one attached hydrogen (secondary N) is 1. The van der Waals surface area contributed by atoms with Crippen molar-refractivity contribution in [2.75, 3.05) is 7.11 Å². The molecule has 0 fully saturated rings. The molecule has 0 aliphatic heterocycles. The van der Waals surface area contributed by atoms with Crippen LogP contribution in [0.1, 0.15) is 18.2 Å². The lowest BCUT2D eigenvalue weighted by atomic mass is 10.2. The number of aromatic amines is 1. The number of imidazole rings is 1. The van der Waals surface area contributed by atoms with E-state index in [1.165, 1.54) is 0 Å². The van der Waals surface area contributed by atoms with Gasteiger partial charge in [0.25, 0.3) is 0 Å². The van der Waals surface area contributed by atoms with Crippen LogP contribution < -0.4 is 4.74 Å². The molecule has 110 valence electrons. The van der Waals surface area contributed by atoms with Crippen molar-refractivity contribution >= 4 is 23.4 Å². The maximum Gasteiger partial charge on any atom is 0.184 e. The predicted molar refractivity (Wildman–Crippen MR) is 85.9 cm³/mol. The standard InChI is InChI=1S/C15H18N4OS/c1-5-18-14-13(10(3)17-18)16-15(21)19(14)11-6-7-12(20-4)9(2)8-11/h6-8H,5H2,1-4H3,(H,16,21). The number of aromatic nitrogens is 4. The Hall–Kier alpha value is -2.08. The molecule has 1 aromatic carbocycles. The van der Waals surface area contributed by atoms with Crippen LogP contribution >= 0.6 is 12.2 Å². The number of rotatable bonds is 3. The molecule has 0 aliphatic carbocycles. The molecular weight excluding hydrogens is 284 g/mol. The number of methoxy groups -OCH3 is 1. The molecule has 0 spiro atoms. The van der Waals surface area contributed by atoms with E-state index in [0.29, 0.717) is 4.77 Å². The van der Waals surface area contributed by atoms with E-state index in [-0.39, 0.29) is 0 Å². The van der Waals surface area contributed by atoms with Gasteiger partial charge in [-0.15, -0.1) is 0 Å². The highest BCUT2D eigenvalue weighted by Gasteiger charge is 2.15. The molecule has 21 heavy (non-hydrogen) atoms. The fraction of sp³-hybridized carbons (Fsp3) is 0.333. The summed E-state index contributed by atoms with van der Waals surface area (Å²) in [6, 6.07) is 6.05. The molecule has 0 unspecified atom stereocenters. The van der Waals surface area contributed by atoms with Crippen LogP contribution in [0, 0.1) is 18.6 Å². The van der Waals surface area contributed by atoms with E-state index < -0.39 is 0 Å². The topological polar surface area (TPSA) is 47.8 Å². The van der Waals surface area contributed by atoms with Gasteiger partial charge in [0.1, 0.15) is 11.3 Å². The normalized spacial score (nSPS) is 11.2. The summed E-state index contributed by atoms with van der Waals surface area (Å²) in [5, 5.41) is 4.55. The maximum atomic E-state index is 5.50. The zero-order valence-corrected chi connectivity index (χ0v) is 13.4. The first kappa shape index (κ1) is 13.9. The van der Waals surface area contributed by atoms with Crippen molar-refractivity contribution < 1.29 is 4.74 Å². The first-order chi connectivity index (χ1) is 10.1. The Balaban J connectivity index is 2.31. The molecule has 5 nitrogen and oxygen atoms in total. The number of fused-ring (bicyclic) bond motifs is 1. The average molecular weight is 302 g/mol. The van der Waals surface area contributed by atoms with Gasteiger partial charge in [0.05, 0.1) is 18.5 Å². The molecule has 2 heterocycles. The summed E-state index contributed by atoms with van der Waals surface area (Å²) in [5.74, 6) is 0.872. The van der Waals surface area contributed by atoms with E-state index in [0.717, 1.165) is 40.4 Å². The third kappa shape index (κ3) is 2.06. The van der Waals surface area contributed by atoms with E-state index in [1.807, 2.05) is 35.2 Å². The lowest BCUT2D eigenvalue weighted by Gasteiger charge is -2.10. The molecule has 0 radical (unpaired) electrons. The number of H-pyrrole nitrogens is 1. The molecule has 0 bridgehead atoms. The van der Waals surface area contributed by atoms with Crippen LogP contribution in [0.15, 0.2) is 18.2 Å². The van der Waals surface area contributed by atoms with Gasteiger partial charge in [-0.25, -0.2) is 4.68 Å². The fourth-order valence-electron chi connectivity index (χ4n) is 2.66. The smallest absolute Gasteiger partial charge is 0.184 e. The third-order valence-corrected chi connectivity index (χ3v) is 3.97. The Labute approximate surface area is 128 Å². The summed E-state index contributed by atoms with van der Waals surface area (Å²) >= 11 is 5.50. The van der Waals surface area contributed by atoms with Gasteiger partial charge in [0.2, 0.25) is 0 Å². The lowest BCUT2D eigenvalue weighted by Crippen LogP contribution is -2.04. The van der Waals surface area contributed by atoms with E-state index in [2.05, 4.69) is 23.1 Å². The van der Waals surface area contributed by atoms with Gasteiger partial charge in [-0.3, -0.25) is 4.57 Å². The van der Waals surface area contributed by atoms with Gasteiger partial charge in [-0.2, -0.15) is 5.10 Å². The van der Waals surface area contributed by atoms with E-state index in [1.54, 1.807) is 7.11 Å². The highest BCUT2D eigenvalue weighted by Crippen LogP contribution is 2.25. The molecular formula is C15H18N4OS. The van der Waals surface area contributed by atoms with Crippen molar-refractivity contribution in [3.05, 3.63) is 34.2 Å². The fourth-order valence-corrected chi connectivity index (χ4v) is 2.96. The van der Waals surface area contributed by atoms with Gasteiger partial charge in [-0.05, 0) is 56.8 Å². The molecule has 0 saturated carbocycles. The Morgan fingerprint density at radius 2 is 2.10 bits per heavy atom. The molecule has 3 aromatic rings. The second-order valence-corrected chi connectivity index (χ2v) is 5.41. The molecule has 0 atom stereocenters. The Morgan fingerprint density at radius 3 is 2.71 bits per heavy atom. The Morgan fingerprint density at radius 1 is 1.33 bits per heavy atom. The summed E-state index contributed by atoms with van der Waals surface area (Å²) in [6.45, 7) is 6.89. The number of ether oxygens (including phenoxy) is 1. The van der Waals surface area contributed by atoms with Crippen LogP contribution in [0.4, 0.5) is 0 Å². The van der Waals surface area contributed by atoms with Crippen LogP contribution in [0.2, 0.25) is 0 Å². The molecule has 0 aliphatic rings. The van der Waals surface area contributed by atoms with Gasteiger partial charge >= 0.3 is 0 Å². The van der Waals surface area contributed by atoms with Crippen LogP contribution in [0.25, 0.3) is 16.9 Å². The zero-order chi connectivity index (χ0) is 15.1. The second kappa shape index (κ2) is 5.04. The van der Waals surface area contributed by atoms with Gasteiger partial charge in [0.15, 0.2) is 10.4 Å². The van der Waals surface area contributed by atoms with Crippen LogP contribution in [-0.2, 0) is 6.54 Å². The average Bonchev–Trinajstić information content (AvgIpc) is 2.95. The van der Waals surface area contributed by atoms with Crippen molar-refractivity contribution in [2.24, 2.45) is 0 Å². The monoisotopic (exact) mass is 302 g/mol. The number of aryl methyl sites for hydroxylation is 3.